The number of benzene rings is 1. The summed E-state index contributed by atoms with van der Waals surface area (Å²) in [5.41, 5.74) is 2.53. The summed E-state index contributed by atoms with van der Waals surface area (Å²) in [5, 5.41) is 3.11. The van der Waals surface area contributed by atoms with E-state index in [1.54, 1.807) is 0 Å². The summed E-state index contributed by atoms with van der Waals surface area (Å²) in [6.07, 6.45) is 3.33. The minimum atomic E-state index is -0.882. The molecule has 1 atom stereocenters. The Bertz CT molecular complexity index is 497. The van der Waals surface area contributed by atoms with Crippen LogP contribution in [-0.4, -0.2) is 6.04 Å². The molecule has 4 heteroatoms. The molecule has 96 valence electrons. The van der Waals surface area contributed by atoms with Gasteiger partial charge in [0.15, 0.2) is 11.6 Å². The van der Waals surface area contributed by atoms with Crippen LogP contribution in [0.15, 0.2) is 28.9 Å². The molecule has 1 aromatic rings. The quantitative estimate of drug-likeness (QED) is 0.727. The molecular weight excluding hydrogens is 236 g/mol. The highest BCUT2D eigenvalue weighted by Crippen LogP contribution is 2.38. The Morgan fingerprint density at radius 3 is 2.72 bits per heavy atom. The average Bonchev–Trinajstić information content (AvgIpc) is 2.76. The van der Waals surface area contributed by atoms with E-state index in [0.29, 0.717) is 12.0 Å². The number of nitrogens with zero attached hydrogens (tertiary/aromatic N) is 1. The molecule has 0 amide bonds. The van der Waals surface area contributed by atoms with Gasteiger partial charge in [0.05, 0.1) is 0 Å². The molecule has 0 bridgehead atoms. The maximum absolute atomic E-state index is 13.3. The van der Waals surface area contributed by atoms with Crippen molar-refractivity contribution >= 4 is 5.57 Å². The van der Waals surface area contributed by atoms with E-state index in [1.807, 2.05) is 0 Å². The van der Waals surface area contributed by atoms with Crippen molar-refractivity contribution in [2.24, 2.45) is 5.18 Å². The van der Waals surface area contributed by atoms with Gasteiger partial charge < -0.3 is 0 Å². The van der Waals surface area contributed by atoms with E-state index in [1.165, 1.54) is 6.07 Å². The molecule has 0 aliphatic heterocycles. The Balaban J connectivity index is 2.45. The SMILES string of the molecule is CCCC1=C(c2ccc(F)c(F)c2)C(N=O)CC1. The van der Waals surface area contributed by atoms with Crippen molar-refractivity contribution in [3.05, 3.63) is 45.9 Å². The van der Waals surface area contributed by atoms with Crippen LogP contribution in [0.2, 0.25) is 0 Å². The summed E-state index contributed by atoms with van der Waals surface area (Å²) in [7, 11) is 0. The van der Waals surface area contributed by atoms with E-state index in [2.05, 4.69) is 12.1 Å². The van der Waals surface area contributed by atoms with Gasteiger partial charge >= 0.3 is 0 Å². The molecule has 0 saturated carbocycles. The van der Waals surface area contributed by atoms with Crippen molar-refractivity contribution in [1.29, 1.82) is 0 Å². The highest BCUT2D eigenvalue weighted by molar-refractivity contribution is 5.74. The molecule has 1 unspecified atom stereocenters. The second kappa shape index (κ2) is 5.38. The Morgan fingerprint density at radius 1 is 1.33 bits per heavy atom. The largest absolute Gasteiger partial charge is 0.204 e. The van der Waals surface area contributed by atoms with Gasteiger partial charge in [0.25, 0.3) is 0 Å². The number of hydrogen-bond donors (Lipinski definition) is 0. The molecule has 1 aliphatic rings. The number of nitroso groups, excluding NO2 is 1. The fourth-order valence-corrected chi connectivity index (χ4v) is 2.55. The fourth-order valence-electron chi connectivity index (χ4n) is 2.55. The molecule has 2 rings (SSSR count). The highest BCUT2D eigenvalue weighted by atomic mass is 19.2. The Hall–Kier alpha value is -1.58. The van der Waals surface area contributed by atoms with Gasteiger partial charge in [-0.25, -0.2) is 8.78 Å². The predicted molar refractivity (Wildman–Crippen MR) is 67.0 cm³/mol. The molecule has 0 aromatic heterocycles. The third-order valence-electron chi connectivity index (χ3n) is 3.34. The molecule has 0 fully saturated rings. The summed E-state index contributed by atoms with van der Waals surface area (Å²) in [6, 6.07) is 3.36. The van der Waals surface area contributed by atoms with Crippen LogP contribution in [0.5, 0.6) is 0 Å². The maximum Gasteiger partial charge on any atom is 0.159 e. The Kier molecular flexibility index (Phi) is 3.84. The van der Waals surface area contributed by atoms with E-state index in [4.69, 9.17) is 0 Å². The predicted octanol–water partition coefficient (Wildman–Crippen LogP) is 4.45. The first-order valence-corrected chi connectivity index (χ1v) is 6.17. The van der Waals surface area contributed by atoms with Gasteiger partial charge in [-0.3, -0.25) is 0 Å². The van der Waals surface area contributed by atoms with Gasteiger partial charge in [-0.2, -0.15) is 4.91 Å². The van der Waals surface area contributed by atoms with Crippen molar-refractivity contribution in [2.75, 3.05) is 0 Å². The van der Waals surface area contributed by atoms with Crippen molar-refractivity contribution < 1.29 is 8.78 Å². The molecule has 0 saturated heterocycles. The third kappa shape index (κ3) is 2.33. The molecule has 0 spiro atoms. The van der Waals surface area contributed by atoms with Gasteiger partial charge in [0.2, 0.25) is 0 Å². The lowest BCUT2D eigenvalue weighted by atomic mass is 9.97. The summed E-state index contributed by atoms with van der Waals surface area (Å²) in [6.45, 7) is 2.05. The van der Waals surface area contributed by atoms with Gasteiger partial charge in [-0.1, -0.05) is 30.2 Å². The van der Waals surface area contributed by atoms with Crippen LogP contribution >= 0.6 is 0 Å². The molecule has 2 nitrogen and oxygen atoms in total. The zero-order valence-corrected chi connectivity index (χ0v) is 10.2. The van der Waals surface area contributed by atoms with Crippen LogP contribution in [0.3, 0.4) is 0 Å². The number of halogens is 2. The topological polar surface area (TPSA) is 29.4 Å². The summed E-state index contributed by atoms with van der Waals surface area (Å²) < 4.78 is 26.2. The standard InChI is InChI=1S/C14H15F2NO/c1-2-3-9-5-7-13(17-18)14(9)10-4-6-11(15)12(16)8-10/h4,6,8,13H,2-3,5,7H2,1H3. The van der Waals surface area contributed by atoms with Crippen molar-refractivity contribution in [2.45, 2.75) is 38.6 Å². The van der Waals surface area contributed by atoms with Gasteiger partial charge in [-0.05, 0) is 42.5 Å². The van der Waals surface area contributed by atoms with E-state index >= 15 is 0 Å². The number of hydrogen-bond acceptors (Lipinski definition) is 2. The lowest BCUT2D eigenvalue weighted by molar-refractivity contribution is 0.508. The fraction of sp³-hybridized carbons (Fsp3) is 0.429. The molecule has 0 radical (unpaired) electrons. The van der Waals surface area contributed by atoms with Crippen molar-refractivity contribution in [3.8, 4) is 0 Å². The van der Waals surface area contributed by atoms with E-state index < -0.39 is 17.7 Å². The second-order valence-corrected chi connectivity index (χ2v) is 4.56. The molecule has 1 aliphatic carbocycles. The lowest BCUT2D eigenvalue weighted by Gasteiger charge is -2.10. The molecule has 0 heterocycles. The summed E-state index contributed by atoms with van der Waals surface area (Å²) in [5.74, 6) is -1.75. The average molecular weight is 251 g/mol. The normalized spacial score (nSPS) is 19.4. The third-order valence-corrected chi connectivity index (χ3v) is 3.34. The summed E-state index contributed by atoms with van der Waals surface area (Å²) in [4.78, 5) is 10.8. The van der Waals surface area contributed by atoms with Crippen LogP contribution in [0.4, 0.5) is 8.78 Å². The number of rotatable bonds is 4. The summed E-state index contributed by atoms with van der Waals surface area (Å²) >= 11 is 0. The zero-order chi connectivity index (χ0) is 13.1. The molecule has 18 heavy (non-hydrogen) atoms. The smallest absolute Gasteiger partial charge is 0.159 e. The van der Waals surface area contributed by atoms with E-state index in [-0.39, 0.29) is 0 Å². The number of allylic oxidation sites excluding steroid dienone is 1. The molecule has 1 aromatic carbocycles. The van der Waals surface area contributed by atoms with Crippen LogP contribution < -0.4 is 0 Å². The van der Waals surface area contributed by atoms with Crippen molar-refractivity contribution in [3.63, 3.8) is 0 Å². The second-order valence-electron chi connectivity index (χ2n) is 4.56. The Morgan fingerprint density at radius 2 is 2.11 bits per heavy atom. The first-order valence-electron chi connectivity index (χ1n) is 6.17. The van der Waals surface area contributed by atoms with Crippen LogP contribution in [-0.2, 0) is 0 Å². The maximum atomic E-state index is 13.3. The molecular formula is C14H15F2NO. The Labute approximate surface area is 105 Å². The van der Waals surface area contributed by atoms with Crippen LogP contribution in [0.25, 0.3) is 5.57 Å². The van der Waals surface area contributed by atoms with Crippen molar-refractivity contribution in [1.82, 2.24) is 0 Å². The monoisotopic (exact) mass is 251 g/mol. The minimum absolute atomic E-state index is 0.420. The first-order chi connectivity index (χ1) is 8.67. The van der Waals surface area contributed by atoms with E-state index in [0.717, 1.165) is 42.5 Å². The zero-order valence-electron chi connectivity index (χ0n) is 10.2. The van der Waals surface area contributed by atoms with E-state index in [9.17, 15) is 13.7 Å². The minimum Gasteiger partial charge on any atom is -0.204 e. The van der Waals surface area contributed by atoms with Crippen LogP contribution in [0, 0.1) is 16.5 Å². The van der Waals surface area contributed by atoms with Gasteiger partial charge in [0.1, 0.15) is 6.04 Å². The first kappa shape index (κ1) is 12.9. The highest BCUT2D eigenvalue weighted by Gasteiger charge is 2.27. The van der Waals surface area contributed by atoms with Crippen LogP contribution in [0.1, 0.15) is 38.2 Å². The lowest BCUT2D eigenvalue weighted by Crippen LogP contribution is -2.02. The molecule has 0 N–H and O–H groups in total. The van der Waals surface area contributed by atoms with Gasteiger partial charge in [0, 0.05) is 0 Å². The van der Waals surface area contributed by atoms with Gasteiger partial charge in [-0.15, -0.1) is 0 Å².